The summed E-state index contributed by atoms with van der Waals surface area (Å²) in [6.45, 7) is 6.71. The molecule has 1 aliphatic heterocycles. The third-order valence-electron chi connectivity index (χ3n) is 5.76. The summed E-state index contributed by atoms with van der Waals surface area (Å²) in [6, 6.07) is 12.4. The third kappa shape index (κ3) is 6.83. The fraction of sp³-hybridized carbons (Fsp3) is 0.296. The fourth-order valence-corrected chi connectivity index (χ4v) is 3.73. The predicted molar refractivity (Wildman–Crippen MR) is 139 cm³/mol. The van der Waals surface area contributed by atoms with Crippen LogP contribution in [0.2, 0.25) is 0 Å². The number of piperazine rings is 1. The van der Waals surface area contributed by atoms with Crippen LogP contribution in [-0.4, -0.2) is 82.0 Å². The van der Waals surface area contributed by atoms with Crippen molar-refractivity contribution in [3.63, 3.8) is 0 Å². The quantitative estimate of drug-likeness (QED) is 0.459. The van der Waals surface area contributed by atoms with Crippen molar-refractivity contribution in [3.05, 3.63) is 71.4 Å². The molecule has 0 bridgehead atoms. The molecule has 1 saturated heterocycles. The van der Waals surface area contributed by atoms with E-state index in [1.165, 1.54) is 24.3 Å². The zero-order valence-corrected chi connectivity index (χ0v) is 21.4. The number of carboxylic acid groups (broad SMARTS) is 1. The Balaban J connectivity index is 1.49. The second kappa shape index (κ2) is 11.7. The number of likely N-dealkylation sites (N-methyl/N-ethyl adjacent to an activating group) is 1. The maximum atomic E-state index is 12.9. The number of rotatable bonds is 8. The summed E-state index contributed by atoms with van der Waals surface area (Å²) in [5.41, 5.74) is 0.774. The van der Waals surface area contributed by atoms with Crippen molar-refractivity contribution in [1.82, 2.24) is 19.8 Å². The van der Waals surface area contributed by atoms with Crippen molar-refractivity contribution in [2.24, 2.45) is 0 Å². The first-order chi connectivity index (χ1) is 18.2. The molecule has 0 radical (unpaired) electrons. The smallest absolute Gasteiger partial charge is 0.337 e. The Morgan fingerprint density at radius 2 is 1.58 bits per heavy atom. The molecule has 2 N–H and O–H groups in total. The van der Waals surface area contributed by atoms with Crippen molar-refractivity contribution in [2.45, 2.75) is 20.0 Å². The molecule has 0 atom stereocenters. The molecule has 1 fully saturated rings. The van der Waals surface area contributed by atoms with Crippen molar-refractivity contribution < 1.29 is 29.0 Å². The maximum absolute atomic E-state index is 12.9. The molecular weight excluding hydrogens is 490 g/mol. The molecule has 0 saturated carbocycles. The van der Waals surface area contributed by atoms with Crippen LogP contribution in [0.3, 0.4) is 0 Å². The van der Waals surface area contributed by atoms with Gasteiger partial charge in [0, 0.05) is 50.1 Å². The normalized spacial score (nSPS) is 13.7. The van der Waals surface area contributed by atoms with Gasteiger partial charge in [0.05, 0.1) is 17.2 Å². The van der Waals surface area contributed by atoms with Crippen molar-refractivity contribution in [2.75, 3.05) is 38.5 Å². The van der Waals surface area contributed by atoms with Crippen LogP contribution < -0.4 is 14.8 Å². The number of carboxylic acids is 1. The Hall–Kier alpha value is -4.51. The number of nitrogens with one attached hydrogen (secondary N) is 1. The average molecular weight is 520 g/mol. The minimum absolute atomic E-state index is 0.00599. The average Bonchev–Trinajstić information content (AvgIpc) is 2.89. The number of nitrogens with zero attached hydrogens (tertiary/aromatic N) is 4. The monoisotopic (exact) mass is 519 g/mol. The molecule has 1 aromatic carbocycles. The summed E-state index contributed by atoms with van der Waals surface area (Å²) >= 11 is 0. The van der Waals surface area contributed by atoms with Crippen molar-refractivity contribution in [1.29, 1.82) is 0 Å². The predicted octanol–water partition coefficient (Wildman–Crippen LogP) is 3.39. The third-order valence-corrected chi connectivity index (χ3v) is 5.76. The van der Waals surface area contributed by atoms with E-state index in [9.17, 15) is 14.4 Å². The number of anilines is 1. The highest BCUT2D eigenvalue weighted by Crippen LogP contribution is 2.26. The summed E-state index contributed by atoms with van der Waals surface area (Å²) in [7, 11) is 2.04. The Morgan fingerprint density at radius 1 is 0.921 bits per heavy atom. The highest BCUT2D eigenvalue weighted by atomic mass is 16.5. The second-order valence-electron chi connectivity index (χ2n) is 9.11. The number of carbonyl (C=O) groups excluding carboxylic acids is 2. The number of carbonyl (C=O) groups is 3. The molecule has 0 spiro atoms. The number of benzene rings is 1. The molecule has 1 aliphatic rings. The van der Waals surface area contributed by atoms with Gasteiger partial charge in [-0.05, 0) is 57.3 Å². The summed E-state index contributed by atoms with van der Waals surface area (Å²) in [6.07, 6.45) is 0.962. The lowest BCUT2D eigenvalue weighted by molar-refractivity contribution is 0.0662. The van der Waals surface area contributed by atoms with Crippen molar-refractivity contribution >= 4 is 23.6 Å². The molecule has 2 amide bonds. The summed E-state index contributed by atoms with van der Waals surface area (Å²) < 4.78 is 11.6. The fourth-order valence-electron chi connectivity index (χ4n) is 3.73. The lowest BCUT2D eigenvalue weighted by atomic mass is 10.1. The van der Waals surface area contributed by atoms with Crippen LogP contribution in [-0.2, 0) is 0 Å². The molecule has 4 rings (SSSR count). The van der Waals surface area contributed by atoms with Crippen LogP contribution in [0.15, 0.2) is 54.7 Å². The standard InChI is InChI=1S/C27H29N5O6/c1-17(2)37-23-14-20(25(33)29-22-9-6-19(16-28-22)27(35)36)15-24(30-23)38-21-7-4-18(5-8-21)26(34)32-12-10-31(3)11-13-32/h4-9,14-17H,10-13H2,1-3H3,(H,35,36)(H,28,29,33). The molecule has 3 aromatic rings. The van der Waals surface area contributed by atoms with E-state index < -0.39 is 11.9 Å². The topological polar surface area (TPSA) is 134 Å². The van der Waals surface area contributed by atoms with E-state index in [-0.39, 0.29) is 40.7 Å². The van der Waals surface area contributed by atoms with E-state index in [2.05, 4.69) is 20.2 Å². The SMILES string of the molecule is CC(C)Oc1cc(C(=O)Nc2ccc(C(=O)O)cn2)cc(Oc2ccc(C(=O)N3CCN(C)CC3)cc2)n1. The maximum Gasteiger partial charge on any atom is 0.337 e. The first kappa shape index (κ1) is 26.6. The van der Waals surface area contributed by atoms with Crippen LogP contribution in [0.4, 0.5) is 5.82 Å². The van der Waals surface area contributed by atoms with Gasteiger partial charge in [0.15, 0.2) is 0 Å². The molecule has 0 aliphatic carbocycles. The van der Waals surface area contributed by atoms with Gasteiger partial charge in [0.1, 0.15) is 11.6 Å². The number of hydrogen-bond donors (Lipinski definition) is 2. The largest absolute Gasteiger partial charge is 0.478 e. The molecule has 11 nitrogen and oxygen atoms in total. The first-order valence-corrected chi connectivity index (χ1v) is 12.1. The van der Waals surface area contributed by atoms with Gasteiger partial charge in [0.2, 0.25) is 11.8 Å². The van der Waals surface area contributed by atoms with E-state index in [0.717, 1.165) is 19.3 Å². The Morgan fingerprint density at radius 3 is 2.18 bits per heavy atom. The Bertz CT molecular complexity index is 1300. The van der Waals surface area contributed by atoms with E-state index >= 15 is 0 Å². The summed E-state index contributed by atoms with van der Waals surface area (Å²) in [5, 5.41) is 11.6. The van der Waals surface area contributed by atoms with E-state index in [0.29, 0.717) is 24.4 Å². The molecule has 198 valence electrons. The number of amides is 2. The number of aromatic carboxylic acids is 1. The van der Waals surface area contributed by atoms with E-state index in [4.69, 9.17) is 14.6 Å². The van der Waals surface area contributed by atoms with Crippen LogP contribution >= 0.6 is 0 Å². The second-order valence-corrected chi connectivity index (χ2v) is 9.11. The lowest BCUT2D eigenvalue weighted by Gasteiger charge is -2.32. The van der Waals surface area contributed by atoms with E-state index in [1.807, 2.05) is 25.8 Å². The molecule has 3 heterocycles. The van der Waals surface area contributed by atoms with Gasteiger partial charge >= 0.3 is 5.97 Å². The van der Waals surface area contributed by atoms with Gasteiger partial charge in [-0.25, -0.2) is 9.78 Å². The van der Waals surface area contributed by atoms with Crippen LogP contribution in [0.25, 0.3) is 0 Å². The molecule has 38 heavy (non-hydrogen) atoms. The van der Waals surface area contributed by atoms with Gasteiger partial charge < -0.3 is 29.7 Å². The van der Waals surface area contributed by atoms with Gasteiger partial charge in [0.25, 0.3) is 11.8 Å². The summed E-state index contributed by atoms with van der Waals surface area (Å²) in [4.78, 5) is 49.1. The van der Waals surface area contributed by atoms with Gasteiger partial charge in [-0.2, -0.15) is 4.98 Å². The molecule has 0 unspecified atom stereocenters. The van der Waals surface area contributed by atoms with Gasteiger partial charge in [-0.1, -0.05) is 0 Å². The first-order valence-electron chi connectivity index (χ1n) is 12.1. The number of pyridine rings is 2. The lowest BCUT2D eigenvalue weighted by Crippen LogP contribution is -2.47. The minimum atomic E-state index is -1.11. The molecule has 11 heteroatoms. The van der Waals surface area contributed by atoms with Crippen LogP contribution in [0.5, 0.6) is 17.5 Å². The summed E-state index contributed by atoms with van der Waals surface area (Å²) in [5.74, 6) is -0.705. The van der Waals surface area contributed by atoms with E-state index in [1.54, 1.807) is 24.3 Å². The highest BCUT2D eigenvalue weighted by molar-refractivity contribution is 6.04. The zero-order chi connectivity index (χ0) is 27.2. The molecular formula is C27H29N5O6. The van der Waals surface area contributed by atoms with Gasteiger partial charge in [-0.15, -0.1) is 0 Å². The molecule has 2 aromatic heterocycles. The number of ether oxygens (including phenoxy) is 2. The Labute approximate surface area is 220 Å². The van der Waals surface area contributed by atoms with Crippen molar-refractivity contribution in [3.8, 4) is 17.5 Å². The van der Waals surface area contributed by atoms with Crippen LogP contribution in [0.1, 0.15) is 44.9 Å². The zero-order valence-electron chi connectivity index (χ0n) is 21.4. The van der Waals surface area contributed by atoms with Crippen LogP contribution in [0, 0.1) is 0 Å². The van der Waals surface area contributed by atoms with Gasteiger partial charge in [-0.3, -0.25) is 9.59 Å². The highest BCUT2D eigenvalue weighted by Gasteiger charge is 2.20. The Kier molecular flexibility index (Phi) is 8.17. The number of hydrogen-bond acceptors (Lipinski definition) is 8. The minimum Gasteiger partial charge on any atom is -0.478 e. The number of aromatic nitrogens is 2.